The molecule has 0 saturated heterocycles. The zero-order chi connectivity index (χ0) is 9.10. The number of aromatic amines is 1. The van der Waals surface area contributed by atoms with Crippen molar-refractivity contribution in [1.82, 2.24) is 9.36 Å². The Kier molecular flexibility index (Phi) is 2.52. The lowest BCUT2D eigenvalue weighted by Gasteiger charge is -1.95. The Balaban J connectivity index is 2.20. The molecule has 0 unspecified atom stereocenters. The molecule has 2 nitrogen and oxygen atoms in total. The summed E-state index contributed by atoms with van der Waals surface area (Å²) in [6, 6.07) is 10.2. The molecule has 0 bridgehead atoms. The summed E-state index contributed by atoms with van der Waals surface area (Å²) >= 11 is 6.33. The predicted molar refractivity (Wildman–Crippen MR) is 56.5 cm³/mol. The smallest absolute Gasteiger partial charge is 0.198 e. The minimum atomic E-state index is 0.672. The monoisotopic (exact) mass is 208 g/mol. The first-order chi connectivity index (χ1) is 6.34. The molecule has 1 aromatic heterocycles. The maximum Gasteiger partial charge on any atom is 0.198 e. The van der Waals surface area contributed by atoms with E-state index in [0.29, 0.717) is 3.95 Å². The van der Waals surface area contributed by atoms with Crippen LogP contribution in [-0.2, 0) is 6.42 Å². The SMILES string of the molecule is S=c1nc(Cc2ccccc2)[nH]s1. The highest BCUT2D eigenvalue weighted by atomic mass is 32.2. The molecule has 0 aliphatic heterocycles. The average molecular weight is 208 g/mol. The second-order valence-corrected chi connectivity index (χ2v) is 4.13. The Labute approximate surface area is 85.4 Å². The van der Waals surface area contributed by atoms with E-state index in [1.807, 2.05) is 18.2 Å². The number of hydrogen-bond acceptors (Lipinski definition) is 3. The Bertz CT molecular complexity index is 430. The minimum Gasteiger partial charge on any atom is -0.296 e. The van der Waals surface area contributed by atoms with Gasteiger partial charge in [-0.3, -0.25) is 4.37 Å². The summed E-state index contributed by atoms with van der Waals surface area (Å²) in [6.45, 7) is 0. The average Bonchev–Trinajstić information content (AvgIpc) is 2.53. The van der Waals surface area contributed by atoms with Crippen molar-refractivity contribution in [3.05, 3.63) is 45.7 Å². The van der Waals surface area contributed by atoms with Crippen LogP contribution >= 0.6 is 23.8 Å². The topological polar surface area (TPSA) is 28.7 Å². The molecule has 2 rings (SSSR count). The van der Waals surface area contributed by atoms with Crippen molar-refractivity contribution in [3.8, 4) is 0 Å². The lowest BCUT2D eigenvalue weighted by molar-refractivity contribution is 1.03. The van der Waals surface area contributed by atoms with Crippen molar-refractivity contribution >= 4 is 23.8 Å². The maximum absolute atomic E-state index is 4.93. The summed E-state index contributed by atoms with van der Waals surface area (Å²) in [6.07, 6.45) is 0.827. The van der Waals surface area contributed by atoms with E-state index >= 15 is 0 Å². The first-order valence-corrected chi connectivity index (χ1v) is 5.15. The van der Waals surface area contributed by atoms with Crippen molar-refractivity contribution in [1.29, 1.82) is 0 Å². The van der Waals surface area contributed by atoms with E-state index in [0.717, 1.165) is 12.2 Å². The Morgan fingerprint density at radius 2 is 2.08 bits per heavy atom. The number of benzene rings is 1. The highest BCUT2D eigenvalue weighted by Crippen LogP contribution is 2.06. The van der Waals surface area contributed by atoms with Crippen LogP contribution in [0.2, 0.25) is 0 Å². The largest absolute Gasteiger partial charge is 0.296 e. The molecular formula is C9H8N2S2. The van der Waals surface area contributed by atoms with Gasteiger partial charge >= 0.3 is 0 Å². The highest BCUT2D eigenvalue weighted by molar-refractivity contribution is 7.73. The lowest BCUT2D eigenvalue weighted by atomic mass is 10.1. The Morgan fingerprint density at radius 1 is 1.31 bits per heavy atom. The molecule has 0 radical (unpaired) electrons. The summed E-state index contributed by atoms with van der Waals surface area (Å²) in [7, 11) is 0. The van der Waals surface area contributed by atoms with Gasteiger partial charge in [0.25, 0.3) is 0 Å². The van der Waals surface area contributed by atoms with E-state index in [-0.39, 0.29) is 0 Å². The second kappa shape index (κ2) is 3.81. The number of nitrogens with zero attached hydrogens (tertiary/aromatic N) is 1. The van der Waals surface area contributed by atoms with Crippen LogP contribution in [0.1, 0.15) is 11.4 Å². The quantitative estimate of drug-likeness (QED) is 0.769. The van der Waals surface area contributed by atoms with Crippen LogP contribution in [0, 0.1) is 3.95 Å². The second-order valence-electron chi connectivity index (χ2n) is 2.69. The van der Waals surface area contributed by atoms with E-state index in [4.69, 9.17) is 12.2 Å². The van der Waals surface area contributed by atoms with Crippen molar-refractivity contribution in [2.75, 3.05) is 0 Å². The number of hydrogen-bond donors (Lipinski definition) is 1. The van der Waals surface area contributed by atoms with Gasteiger partial charge in [0.15, 0.2) is 3.95 Å². The molecular weight excluding hydrogens is 200 g/mol. The highest BCUT2D eigenvalue weighted by Gasteiger charge is 1.97. The molecule has 1 aromatic carbocycles. The van der Waals surface area contributed by atoms with Crippen LogP contribution in [0.3, 0.4) is 0 Å². The molecule has 0 aliphatic rings. The molecule has 0 amide bonds. The van der Waals surface area contributed by atoms with Gasteiger partial charge in [0.05, 0.1) is 0 Å². The van der Waals surface area contributed by atoms with Crippen molar-refractivity contribution < 1.29 is 0 Å². The summed E-state index contributed by atoms with van der Waals surface area (Å²) in [4.78, 5) is 4.18. The van der Waals surface area contributed by atoms with Crippen LogP contribution in [0.25, 0.3) is 0 Å². The first kappa shape index (κ1) is 8.59. The van der Waals surface area contributed by atoms with Crippen LogP contribution in [0.15, 0.2) is 30.3 Å². The Hall–Kier alpha value is -1.00. The maximum atomic E-state index is 4.93. The van der Waals surface area contributed by atoms with Crippen LogP contribution in [-0.4, -0.2) is 9.36 Å². The zero-order valence-corrected chi connectivity index (χ0v) is 8.49. The normalized spacial score (nSPS) is 10.2. The predicted octanol–water partition coefficient (Wildman–Crippen LogP) is 2.79. The summed E-state index contributed by atoms with van der Waals surface area (Å²) < 4.78 is 3.75. The van der Waals surface area contributed by atoms with Crippen LogP contribution in [0.5, 0.6) is 0 Å². The molecule has 2 aromatic rings. The third kappa shape index (κ3) is 2.23. The standard InChI is InChI=1S/C9H8N2S2/c12-9-10-8(11-13-9)6-7-4-2-1-3-5-7/h1-5H,6H2,(H,10,11,12). The van der Waals surface area contributed by atoms with E-state index < -0.39 is 0 Å². The van der Waals surface area contributed by atoms with E-state index in [1.54, 1.807) is 0 Å². The van der Waals surface area contributed by atoms with E-state index in [1.165, 1.54) is 17.1 Å². The van der Waals surface area contributed by atoms with Crippen LogP contribution in [0.4, 0.5) is 0 Å². The third-order valence-corrected chi connectivity index (χ3v) is 2.64. The number of rotatable bonds is 2. The van der Waals surface area contributed by atoms with Crippen LogP contribution < -0.4 is 0 Å². The molecule has 1 N–H and O–H groups in total. The number of aromatic nitrogens is 2. The van der Waals surface area contributed by atoms with Crippen molar-refractivity contribution in [3.63, 3.8) is 0 Å². The zero-order valence-electron chi connectivity index (χ0n) is 6.86. The Morgan fingerprint density at radius 3 is 2.69 bits per heavy atom. The fourth-order valence-corrected chi connectivity index (χ4v) is 1.84. The molecule has 13 heavy (non-hydrogen) atoms. The summed E-state index contributed by atoms with van der Waals surface area (Å²) in [5.41, 5.74) is 1.25. The summed E-state index contributed by atoms with van der Waals surface area (Å²) in [5.74, 6) is 0.946. The van der Waals surface area contributed by atoms with Gasteiger partial charge in [-0.2, -0.15) is 0 Å². The van der Waals surface area contributed by atoms with Gasteiger partial charge in [0.1, 0.15) is 5.82 Å². The van der Waals surface area contributed by atoms with Crippen molar-refractivity contribution in [2.24, 2.45) is 0 Å². The molecule has 0 spiro atoms. The third-order valence-electron chi connectivity index (χ3n) is 1.70. The molecule has 1 heterocycles. The van der Waals surface area contributed by atoms with Gasteiger partial charge in [-0.25, -0.2) is 4.98 Å². The van der Waals surface area contributed by atoms with E-state index in [9.17, 15) is 0 Å². The van der Waals surface area contributed by atoms with Gasteiger partial charge in [-0.15, -0.1) is 0 Å². The molecule has 0 saturated carbocycles. The fourth-order valence-electron chi connectivity index (χ4n) is 1.12. The van der Waals surface area contributed by atoms with Crippen molar-refractivity contribution in [2.45, 2.75) is 6.42 Å². The summed E-state index contributed by atoms with van der Waals surface area (Å²) in [5, 5.41) is 0. The lowest BCUT2D eigenvalue weighted by Crippen LogP contribution is -1.89. The van der Waals surface area contributed by atoms with Gasteiger partial charge in [0.2, 0.25) is 0 Å². The molecule has 0 atom stereocenters. The number of nitrogens with one attached hydrogen (secondary N) is 1. The van der Waals surface area contributed by atoms with E-state index in [2.05, 4.69) is 21.5 Å². The van der Waals surface area contributed by atoms with Gasteiger partial charge in [-0.05, 0) is 29.3 Å². The minimum absolute atomic E-state index is 0.672. The van der Waals surface area contributed by atoms with Gasteiger partial charge in [0, 0.05) is 6.42 Å². The van der Waals surface area contributed by atoms with Gasteiger partial charge in [-0.1, -0.05) is 30.3 Å². The molecule has 0 fully saturated rings. The number of H-pyrrole nitrogens is 1. The van der Waals surface area contributed by atoms with Gasteiger partial charge < -0.3 is 0 Å². The fraction of sp³-hybridized carbons (Fsp3) is 0.111. The molecule has 4 heteroatoms. The molecule has 0 aliphatic carbocycles. The molecule has 66 valence electrons. The first-order valence-electron chi connectivity index (χ1n) is 3.93.